The molecule has 0 fully saturated rings. The number of benzene rings is 4. The quantitative estimate of drug-likeness (QED) is 0.231. The Labute approximate surface area is 188 Å². The van der Waals surface area contributed by atoms with Gasteiger partial charge in [-0.3, -0.25) is 4.79 Å². The molecule has 4 aromatic carbocycles. The van der Waals surface area contributed by atoms with Gasteiger partial charge in [0.15, 0.2) is 0 Å². The van der Waals surface area contributed by atoms with E-state index in [1.165, 1.54) is 7.11 Å². The molecule has 0 saturated heterocycles. The van der Waals surface area contributed by atoms with E-state index in [4.69, 9.17) is 4.74 Å². The summed E-state index contributed by atoms with van der Waals surface area (Å²) in [7, 11) is 1.34. The van der Waals surface area contributed by atoms with Crippen molar-refractivity contribution >= 4 is 56.0 Å². The van der Waals surface area contributed by atoms with Crippen molar-refractivity contribution in [2.24, 2.45) is 0 Å². The van der Waals surface area contributed by atoms with Gasteiger partial charge >= 0.3 is 5.97 Å². The highest BCUT2D eigenvalue weighted by atomic mass is 127. The first-order valence-corrected chi connectivity index (χ1v) is 10.7. The Hall–Kier alpha value is -2.93. The number of halogens is 1. The van der Waals surface area contributed by atoms with Gasteiger partial charge in [0.1, 0.15) is 6.04 Å². The molecule has 0 bridgehead atoms. The number of esters is 1. The maximum absolute atomic E-state index is 13.4. The molecular formula is C25H20INO3. The zero-order valence-electron chi connectivity index (χ0n) is 16.4. The number of hydrogen-bond donors (Lipinski definition) is 1. The van der Waals surface area contributed by atoms with Gasteiger partial charge in [-0.1, -0.05) is 60.7 Å². The second-order valence-corrected chi connectivity index (χ2v) is 8.32. The second-order valence-electron chi connectivity index (χ2n) is 7.07. The number of amides is 1. The molecule has 30 heavy (non-hydrogen) atoms. The smallest absolute Gasteiger partial charge is 0.328 e. The maximum atomic E-state index is 13.4. The standard InChI is InChI=1S/C25H20INO3/c1-30-25(29)22(14-16-10-12-19(26)13-11-16)27-24(28)23-20-8-4-2-6-17(20)15-18-7-3-5-9-21(18)23/h2-13,15,22H,14H2,1H3,(H,27,28)/t22-/m0/s1. The summed E-state index contributed by atoms with van der Waals surface area (Å²) in [5.74, 6) is -0.754. The highest BCUT2D eigenvalue weighted by Gasteiger charge is 2.24. The molecule has 0 radical (unpaired) electrons. The summed E-state index contributed by atoms with van der Waals surface area (Å²) < 4.78 is 6.07. The van der Waals surface area contributed by atoms with Gasteiger partial charge in [-0.2, -0.15) is 0 Å². The fourth-order valence-electron chi connectivity index (χ4n) is 3.68. The highest BCUT2D eigenvalue weighted by molar-refractivity contribution is 14.1. The first-order chi connectivity index (χ1) is 14.6. The monoisotopic (exact) mass is 509 g/mol. The molecule has 4 aromatic rings. The molecule has 1 N–H and O–H groups in total. The van der Waals surface area contributed by atoms with Crippen LogP contribution in [-0.4, -0.2) is 25.0 Å². The Bertz CT molecular complexity index is 1180. The van der Waals surface area contributed by atoms with E-state index in [9.17, 15) is 9.59 Å². The zero-order chi connectivity index (χ0) is 21.1. The minimum atomic E-state index is -0.778. The Morgan fingerprint density at radius 1 is 0.900 bits per heavy atom. The summed E-state index contributed by atoms with van der Waals surface area (Å²) in [6.45, 7) is 0. The summed E-state index contributed by atoms with van der Waals surface area (Å²) >= 11 is 2.23. The van der Waals surface area contributed by atoms with Crippen molar-refractivity contribution in [3.8, 4) is 0 Å². The minimum Gasteiger partial charge on any atom is -0.467 e. The van der Waals surface area contributed by atoms with Crippen LogP contribution in [0.5, 0.6) is 0 Å². The van der Waals surface area contributed by atoms with Crippen molar-refractivity contribution in [3.63, 3.8) is 0 Å². The Balaban J connectivity index is 1.74. The van der Waals surface area contributed by atoms with E-state index >= 15 is 0 Å². The van der Waals surface area contributed by atoms with Gasteiger partial charge in [-0.15, -0.1) is 0 Å². The summed E-state index contributed by atoms with van der Waals surface area (Å²) in [6.07, 6.45) is 0.359. The van der Waals surface area contributed by atoms with E-state index in [0.29, 0.717) is 12.0 Å². The second kappa shape index (κ2) is 8.83. The van der Waals surface area contributed by atoms with Crippen LogP contribution in [0, 0.1) is 3.57 Å². The average molecular weight is 509 g/mol. The number of hydrogen-bond acceptors (Lipinski definition) is 3. The SMILES string of the molecule is COC(=O)[C@H](Cc1ccc(I)cc1)NC(=O)c1c2ccccc2cc2ccccc12. The van der Waals surface area contributed by atoms with Crippen LogP contribution < -0.4 is 5.32 Å². The van der Waals surface area contributed by atoms with Gasteiger partial charge in [-0.25, -0.2) is 4.79 Å². The highest BCUT2D eigenvalue weighted by Crippen LogP contribution is 2.28. The number of fused-ring (bicyclic) bond motifs is 2. The molecule has 0 unspecified atom stereocenters. The fourth-order valence-corrected chi connectivity index (χ4v) is 4.04. The molecule has 0 aliphatic carbocycles. The minimum absolute atomic E-state index is 0.288. The van der Waals surface area contributed by atoms with E-state index < -0.39 is 12.0 Å². The van der Waals surface area contributed by atoms with Gasteiger partial charge in [0.05, 0.1) is 12.7 Å². The third kappa shape index (κ3) is 4.16. The summed E-state index contributed by atoms with van der Waals surface area (Å²) in [5.41, 5.74) is 1.52. The third-order valence-electron chi connectivity index (χ3n) is 5.14. The molecule has 4 nitrogen and oxygen atoms in total. The normalized spacial score (nSPS) is 11.9. The molecule has 5 heteroatoms. The number of nitrogens with one attached hydrogen (secondary N) is 1. The molecule has 0 aliphatic rings. The van der Waals surface area contributed by atoms with Crippen LogP contribution in [0.1, 0.15) is 15.9 Å². The van der Waals surface area contributed by atoms with Crippen LogP contribution >= 0.6 is 22.6 Å². The van der Waals surface area contributed by atoms with Crippen LogP contribution in [0.25, 0.3) is 21.5 Å². The number of ether oxygens (including phenoxy) is 1. The van der Waals surface area contributed by atoms with Crippen molar-refractivity contribution in [1.82, 2.24) is 5.32 Å². The van der Waals surface area contributed by atoms with E-state index in [1.807, 2.05) is 72.8 Å². The van der Waals surface area contributed by atoms with Gasteiger partial charge in [0.25, 0.3) is 5.91 Å². The van der Waals surface area contributed by atoms with Gasteiger partial charge in [0, 0.05) is 9.99 Å². The molecule has 0 heterocycles. The largest absolute Gasteiger partial charge is 0.467 e. The molecule has 0 aromatic heterocycles. The topological polar surface area (TPSA) is 55.4 Å². The van der Waals surface area contributed by atoms with E-state index in [-0.39, 0.29) is 5.91 Å². The number of carbonyl (C=O) groups is 2. The van der Waals surface area contributed by atoms with Gasteiger partial charge in [-0.05, 0) is 67.9 Å². The van der Waals surface area contributed by atoms with Gasteiger partial charge in [0.2, 0.25) is 0 Å². The Morgan fingerprint density at radius 2 is 1.47 bits per heavy atom. The van der Waals surface area contributed by atoms with Crippen LogP contribution in [0.3, 0.4) is 0 Å². The molecule has 0 spiro atoms. The van der Waals surface area contributed by atoms with Crippen LogP contribution in [0.15, 0.2) is 78.9 Å². The first kappa shape index (κ1) is 20.3. The van der Waals surface area contributed by atoms with Crippen molar-refractivity contribution in [1.29, 1.82) is 0 Å². The van der Waals surface area contributed by atoms with Gasteiger partial charge < -0.3 is 10.1 Å². The van der Waals surface area contributed by atoms with Crippen LogP contribution in [0.2, 0.25) is 0 Å². The number of carbonyl (C=O) groups excluding carboxylic acids is 2. The maximum Gasteiger partial charge on any atom is 0.328 e. The van der Waals surface area contributed by atoms with E-state index in [1.54, 1.807) is 0 Å². The van der Waals surface area contributed by atoms with Crippen molar-refractivity contribution < 1.29 is 14.3 Å². The number of rotatable bonds is 5. The Morgan fingerprint density at radius 3 is 2.03 bits per heavy atom. The molecule has 150 valence electrons. The lowest BCUT2D eigenvalue weighted by molar-refractivity contribution is -0.142. The van der Waals surface area contributed by atoms with Crippen LogP contribution in [-0.2, 0) is 16.0 Å². The molecule has 1 amide bonds. The lowest BCUT2D eigenvalue weighted by atomic mass is 9.96. The molecule has 0 aliphatic heterocycles. The summed E-state index contributed by atoms with van der Waals surface area (Å²) in [5, 5.41) is 6.58. The molecule has 1 atom stereocenters. The first-order valence-electron chi connectivity index (χ1n) is 9.60. The molecular weight excluding hydrogens is 489 g/mol. The van der Waals surface area contributed by atoms with Crippen molar-refractivity contribution in [2.75, 3.05) is 7.11 Å². The Kier molecular flexibility index (Phi) is 5.99. The fraction of sp³-hybridized carbons (Fsp3) is 0.120. The van der Waals surface area contributed by atoms with Crippen LogP contribution in [0.4, 0.5) is 0 Å². The molecule has 4 rings (SSSR count). The van der Waals surface area contributed by atoms with Crippen molar-refractivity contribution in [3.05, 3.63) is 93.6 Å². The van der Waals surface area contributed by atoms with E-state index in [2.05, 4.69) is 34.0 Å². The zero-order valence-corrected chi connectivity index (χ0v) is 18.6. The lowest BCUT2D eigenvalue weighted by Crippen LogP contribution is -2.43. The predicted octanol–water partition coefficient (Wildman–Crippen LogP) is 5.11. The third-order valence-corrected chi connectivity index (χ3v) is 5.86. The summed E-state index contributed by atoms with van der Waals surface area (Å²) in [6, 6.07) is 24.7. The average Bonchev–Trinajstić information content (AvgIpc) is 2.77. The molecule has 0 saturated carbocycles. The number of methoxy groups -OCH3 is 1. The predicted molar refractivity (Wildman–Crippen MR) is 128 cm³/mol. The lowest BCUT2D eigenvalue weighted by Gasteiger charge is -2.18. The van der Waals surface area contributed by atoms with E-state index in [0.717, 1.165) is 30.7 Å². The van der Waals surface area contributed by atoms with Crippen molar-refractivity contribution in [2.45, 2.75) is 12.5 Å². The summed E-state index contributed by atoms with van der Waals surface area (Å²) in [4.78, 5) is 25.9.